The quantitative estimate of drug-likeness (QED) is 0.935. The molecule has 5 nitrogen and oxygen atoms in total. The van der Waals surface area contributed by atoms with E-state index in [1.54, 1.807) is 12.1 Å². The molecular weight excluding hydrogens is 302 g/mol. The second kappa shape index (κ2) is 7.09. The van der Waals surface area contributed by atoms with Crippen LogP contribution in [0, 0.1) is 0 Å². The molecule has 0 saturated carbocycles. The smallest absolute Gasteiger partial charge is 0.291 e. The normalized spacial score (nSPS) is 15.8. The first-order chi connectivity index (χ1) is 11.5. The van der Waals surface area contributed by atoms with Crippen LogP contribution in [-0.2, 0) is 0 Å². The lowest BCUT2D eigenvalue weighted by molar-refractivity contribution is 0.0996. The molecule has 0 bridgehead atoms. The van der Waals surface area contributed by atoms with Gasteiger partial charge in [0.05, 0.1) is 6.26 Å². The summed E-state index contributed by atoms with van der Waals surface area (Å²) in [4.78, 5) is 17.1. The molecule has 128 valence electrons. The topological polar surface area (TPSA) is 48.7 Å². The van der Waals surface area contributed by atoms with Gasteiger partial charge in [-0.25, -0.2) is 0 Å². The van der Waals surface area contributed by atoms with Gasteiger partial charge in [-0.05, 0) is 42.8 Å². The number of carbonyl (C=O) groups excluding carboxylic acids is 1. The van der Waals surface area contributed by atoms with E-state index in [9.17, 15) is 4.79 Å². The number of amides is 1. The van der Waals surface area contributed by atoms with E-state index in [0.717, 1.165) is 43.1 Å². The van der Waals surface area contributed by atoms with Crippen LogP contribution in [0.4, 0.5) is 11.4 Å². The Morgan fingerprint density at radius 3 is 2.54 bits per heavy atom. The lowest BCUT2D eigenvalue weighted by atomic mass is 10.00. The van der Waals surface area contributed by atoms with Crippen molar-refractivity contribution >= 4 is 17.3 Å². The van der Waals surface area contributed by atoms with Crippen LogP contribution in [-0.4, -0.2) is 44.0 Å². The summed E-state index contributed by atoms with van der Waals surface area (Å²) >= 11 is 0. The minimum Gasteiger partial charge on any atom is -0.459 e. The van der Waals surface area contributed by atoms with Gasteiger partial charge in [-0.3, -0.25) is 4.79 Å². The number of nitrogens with one attached hydrogen (secondary N) is 1. The predicted octanol–water partition coefficient (Wildman–Crippen LogP) is 3.41. The van der Waals surface area contributed by atoms with Crippen molar-refractivity contribution in [2.75, 3.05) is 43.4 Å². The molecule has 0 spiro atoms. The van der Waals surface area contributed by atoms with Crippen molar-refractivity contribution in [3.63, 3.8) is 0 Å². The van der Waals surface area contributed by atoms with Gasteiger partial charge in [-0.2, -0.15) is 0 Å². The summed E-state index contributed by atoms with van der Waals surface area (Å²) in [7, 11) is 2.15. The number of rotatable bonds is 4. The molecule has 2 heterocycles. The second-order valence-electron chi connectivity index (χ2n) is 6.65. The summed E-state index contributed by atoms with van der Waals surface area (Å²) in [6.07, 6.45) is 1.51. The summed E-state index contributed by atoms with van der Waals surface area (Å²) in [5, 5.41) is 3.01. The average molecular weight is 327 g/mol. The van der Waals surface area contributed by atoms with Crippen LogP contribution in [0.5, 0.6) is 0 Å². The van der Waals surface area contributed by atoms with Gasteiger partial charge in [0.15, 0.2) is 5.76 Å². The summed E-state index contributed by atoms with van der Waals surface area (Å²) < 4.78 is 5.20. The van der Waals surface area contributed by atoms with Crippen molar-refractivity contribution in [2.24, 2.45) is 0 Å². The van der Waals surface area contributed by atoms with Gasteiger partial charge in [0, 0.05) is 37.6 Å². The van der Waals surface area contributed by atoms with Gasteiger partial charge in [-0.1, -0.05) is 19.9 Å². The second-order valence-corrected chi connectivity index (χ2v) is 6.65. The van der Waals surface area contributed by atoms with Crippen LogP contribution >= 0.6 is 0 Å². The molecule has 1 aromatic heterocycles. The maximum Gasteiger partial charge on any atom is 0.291 e. The number of anilines is 2. The average Bonchev–Trinajstić information content (AvgIpc) is 3.10. The van der Waals surface area contributed by atoms with E-state index in [0.29, 0.717) is 11.7 Å². The van der Waals surface area contributed by atoms with Crippen molar-refractivity contribution in [3.05, 3.63) is 47.9 Å². The Labute approximate surface area is 143 Å². The molecule has 0 aliphatic carbocycles. The first-order valence-corrected chi connectivity index (χ1v) is 8.47. The molecule has 1 amide bonds. The zero-order valence-electron chi connectivity index (χ0n) is 14.6. The molecule has 1 saturated heterocycles. The fourth-order valence-electron chi connectivity index (χ4n) is 3.01. The third kappa shape index (κ3) is 3.62. The van der Waals surface area contributed by atoms with Crippen LogP contribution in [0.3, 0.4) is 0 Å². The van der Waals surface area contributed by atoms with Gasteiger partial charge in [0.1, 0.15) is 0 Å². The largest absolute Gasteiger partial charge is 0.459 e. The lowest BCUT2D eigenvalue weighted by Crippen LogP contribution is -2.44. The Morgan fingerprint density at radius 2 is 1.92 bits per heavy atom. The molecule has 24 heavy (non-hydrogen) atoms. The molecule has 0 atom stereocenters. The van der Waals surface area contributed by atoms with Crippen molar-refractivity contribution in [1.29, 1.82) is 0 Å². The number of furan rings is 1. The number of carbonyl (C=O) groups is 1. The van der Waals surface area contributed by atoms with Gasteiger partial charge in [0.25, 0.3) is 5.91 Å². The summed E-state index contributed by atoms with van der Waals surface area (Å²) in [6.45, 7) is 8.38. The first-order valence-electron chi connectivity index (χ1n) is 8.47. The molecule has 1 aromatic carbocycles. The third-order valence-corrected chi connectivity index (χ3v) is 4.52. The van der Waals surface area contributed by atoms with E-state index < -0.39 is 0 Å². The monoisotopic (exact) mass is 327 g/mol. The summed E-state index contributed by atoms with van der Waals surface area (Å²) in [5.74, 6) is 0.450. The van der Waals surface area contributed by atoms with Crippen LogP contribution in [0.1, 0.15) is 35.9 Å². The van der Waals surface area contributed by atoms with Crippen molar-refractivity contribution in [3.8, 4) is 0 Å². The number of nitrogens with zero attached hydrogens (tertiary/aromatic N) is 2. The minimum absolute atomic E-state index is 0.211. The van der Waals surface area contributed by atoms with E-state index in [4.69, 9.17) is 4.42 Å². The Bertz CT molecular complexity index is 687. The fraction of sp³-hybridized carbons (Fsp3) is 0.421. The van der Waals surface area contributed by atoms with Crippen LogP contribution < -0.4 is 10.2 Å². The standard InChI is InChI=1S/C19H25N3O2/c1-14(2)16-7-6-15(22-10-8-21(3)9-11-22)13-17(16)20-19(23)18-5-4-12-24-18/h4-7,12-14H,8-11H2,1-3H3,(H,20,23). The summed E-state index contributed by atoms with van der Waals surface area (Å²) in [6, 6.07) is 9.76. The Balaban J connectivity index is 1.84. The minimum atomic E-state index is -0.211. The summed E-state index contributed by atoms with van der Waals surface area (Å²) in [5.41, 5.74) is 3.15. The van der Waals surface area contributed by atoms with E-state index in [1.807, 2.05) is 0 Å². The van der Waals surface area contributed by atoms with Gasteiger partial charge < -0.3 is 19.5 Å². The Hall–Kier alpha value is -2.27. The molecule has 1 aliphatic heterocycles. The molecule has 5 heteroatoms. The van der Waals surface area contributed by atoms with Crippen molar-refractivity contribution < 1.29 is 9.21 Å². The van der Waals surface area contributed by atoms with Crippen molar-refractivity contribution in [2.45, 2.75) is 19.8 Å². The fourth-order valence-corrected chi connectivity index (χ4v) is 3.01. The Kier molecular flexibility index (Phi) is 4.90. The molecule has 1 N–H and O–H groups in total. The number of piperazine rings is 1. The van der Waals surface area contributed by atoms with E-state index in [2.05, 4.69) is 54.2 Å². The molecule has 0 unspecified atom stereocenters. The highest BCUT2D eigenvalue weighted by molar-refractivity contribution is 6.03. The zero-order chi connectivity index (χ0) is 17.1. The molecular formula is C19H25N3O2. The van der Waals surface area contributed by atoms with E-state index in [-0.39, 0.29) is 5.91 Å². The number of hydrogen-bond acceptors (Lipinski definition) is 4. The number of benzene rings is 1. The first kappa shape index (κ1) is 16.6. The van der Waals surface area contributed by atoms with Gasteiger partial charge >= 0.3 is 0 Å². The molecule has 2 aromatic rings. The van der Waals surface area contributed by atoms with Crippen LogP contribution in [0.2, 0.25) is 0 Å². The molecule has 0 radical (unpaired) electrons. The number of hydrogen-bond donors (Lipinski definition) is 1. The predicted molar refractivity (Wildman–Crippen MR) is 96.9 cm³/mol. The van der Waals surface area contributed by atoms with Gasteiger partial charge in [0.2, 0.25) is 0 Å². The Morgan fingerprint density at radius 1 is 1.17 bits per heavy atom. The number of likely N-dealkylation sites (N-methyl/N-ethyl adjacent to an activating group) is 1. The zero-order valence-corrected chi connectivity index (χ0v) is 14.6. The van der Waals surface area contributed by atoms with Crippen LogP contribution in [0.25, 0.3) is 0 Å². The van der Waals surface area contributed by atoms with E-state index >= 15 is 0 Å². The molecule has 1 fully saturated rings. The third-order valence-electron chi connectivity index (χ3n) is 4.52. The highest BCUT2D eigenvalue weighted by atomic mass is 16.3. The highest BCUT2D eigenvalue weighted by Crippen LogP contribution is 2.30. The maximum absolute atomic E-state index is 12.4. The molecule has 3 rings (SSSR count). The lowest BCUT2D eigenvalue weighted by Gasteiger charge is -2.34. The maximum atomic E-state index is 12.4. The SMILES string of the molecule is CC(C)c1ccc(N2CCN(C)CC2)cc1NC(=O)c1ccco1. The van der Waals surface area contributed by atoms with Crippen LogP contribution in [0.15, 0.2) is 41.0 Å². The van der Waals surface area contributed by atoms with Gasteiger partial charge in [-0.15, -0.1) is 0 Å². The van der Waals surface area contributed by atoms with Crippen molar-refractivity contribution in [1.82, 2.24) is 4.90 Å². The van der Waals surface area contributed by atoms with E-state index in [1.165, 1.54) is 6.26 Å². The highest BCUT2D eigenvalue weighted by Gasteiger charge is 2.18. The molecule has 1 aliphatic rings.